The Balaban J connectivity index is 2.64. The van der Waals surface area contributed by atoms with Crippen LogP contribution in [0.5, 0.6) is 11.5 Å². The summed E-state index contributed by atoms with van der Waals surface area (Å²) < 4.78 is 21.7. The van der Waals surface area contributed by atoms with Gasteiger partial charge in [0.05, 0.1) is 31.3 Å². The van der Waals surface area contributed by atoms with E-state index < -0.39 is 5.63 Å². The van der Waals surface area contributed by atoms with Crippen molar-refractivity contribution < 1.29 is 18.3 Å². The van der Waals surface area contributed by atoms with Crippen molar-refractivity contribution in [2.75, 3.05) is 14.2 Å². The zero-order chi connectivity index (χ0) is 13.6. The number of halogens is 1. The van der Waals surface area contributed by atoms with E-state index in [4.69, 9.17) is 18.3 Å². The fourth-order valence-corrected chi connectivity index (χ4v) is 2.41. The molecule has 0 saturated carbocycles. The molecule has 6 heteroatoms. The van der Waals surface area contributed by atoms with Crippen LogP contribution in [0.1, 0.15) is 0 Å². The summed E-state index contributed by atoms with van der Waals surface area (Å²) >= 11 is 3.15. The Morgan fingerprint density at radius 3 is 2.53 bits per heavy atom. The Morgan fingerprint density at radius 1 is 1.11 bits per heavy atom. The van der Waals surface area contributed by atoms with Gasteiger partial charge in [0.2, 0.25) is 5.75 Å². The van der Waals surface area contributed by atoms with E-state index in [1.165, 1.54) is 13.4 Å². The SMILES string of the molecule is COc1c2ccoc2c(OC)c2oc(=O)c(Br)cc12. The van der Waals surface area contributed by atoms with Gasteiger partial charge in [-0.15, -0.1) is 0 Å². The number of hydrogen-bond acceptors (Lipinski definition) is 5. The van der Waals surface area contributed by atoms with Gasteiger partial charge < -0.3 is 18.3 Å². The molecular formula is C13H9BrO5. The quantitative estimate of drug-likeness (QED) is 0.677. The molecule has 0 unspecified atom stereocenters. The van der Waals surface area contributed by atoms with Gasteiger partial charge in [-0.1, -0.05) is 0 Å². The van der Waals surface area contributed by atoms with Crippen molar-refractivity contribution in [3.8, 4) is 11.5 Å². The van der Waals surface area contributed by atoms with Crippen LogP contribution in [0.2, 0.25) is 0 Å². The predicted molar refractivity (Wildman–Crippen MR) is 73.1 cm³/mol. The van der Waals surface area contributed by atoms with Crippen LogP contribution >= 0.6 is 15.9 Å². The first kappa shape index (κ1) is 12.1. The molecule has 2 heterocycles. The van der Waals surface area contributed by atoms with Crippen molar-refractivity contribution in [2.45, 2.75) is 0 Å². The number of ether oxygens (including phenoxy) is 2. The molecule has 0 fully saturated rings. The summed E-state index contributed by atoms with van der Waals surface area (Å²) in [5.41, 5.74) is 0.297. The van der Waals surface area contributed by atoms with Crippen molar-refractivity contribution in [2.24, 2.45) is 0 Å². The fraction of sp³-hybridized carbons (Fsp3) is 0.154. The van der Waals surface area contributed by atoms with Crippen LogP contribution < -0.4 is 15.1 Å². The highest BCUT2D eigenvalue weighted by molar-refractivity contribution is 9.10. The monoisotopic (exact) mass is 324 g/mol. The summed E-state index contributed by atoms with van der Waals surface area (Å²) in [7, 11) is 3.04. The summed E-state index contributed by atoms with van der Waals surface area (Å²) in [5, 5.41) is 1.40. The molecule has 0 atom stereocenters. The maximum Gasteiger partial charge on any atom is 0.350 e. The molecule has 0 N–H and O–H groups in total. The van der Waals surface area contributed by atoms with Crippen LogP contribution in [0, 0.1) is 0 Å². The van der Waals surface area contributed by atoms with Crippen molar-refractivity contribution in [1.29, 1.82) is 0 Å². The first-order chi connectivity index (χ1) is 9.17. The topological polar surface area (TPSA) is 61.8 Å². The smallest absolute Gasteiger partial charge is 0.350 e. The lowest BCUT2D eigenvalue weighted by atomic mass is 10.1. The summed E-state index contributed by atoms with van der Waals surface area (Å²) in [4.78, 5) is 11.6. The van der Waals surface area contributed by atoms with Gasteiger partial charge in [-0.05, 0) is 28.1 Å². The average molecular weight is 325 g/mol. The van der Waals surface area contributed by atoms with E-state index in [0.29, 0.717) is 32.5 Å². The largest absolute Gasteiger partial charge is 0.495 e. The lowest BCUT2D eigenvalue weighted by molar-refractivity contribution is 0.398. The normalized spacial score (nSPS) is 11.1. The maximum atomic E-state index is 11.6. The first-order valence-electron chi connectivity index (χ1n) is 5.42. The van der Waals surface area contributed by atoms with Gasteiger partial charge in [-0.25, -0.2) is 4.79 Å². The fourth-order valence-electron chi connectivity index (χ4n) is 2.10. The summed E-state index contributed by atoms with van der Waals surface area (Å²) in [6.45, 7) is 0. The Morgan fingerprint density at radius 2 is 1.84 bits per heavy atom. The number of rotatable bonds is 2. The molecule has 0 aliphatic carbocycles. The minimum atomic E-state index is -0.487. The van der Waals surface area contributed by atoms with Crippen LogP contribution in [-0.4, -0.2) is 14.2 Å². The second kappa shape index (κ2) is 4.31. The molecule has 19 heavy (non-hydrogen) atoms. The molecule has 0 bridgehead atoms. The van der Waals surface area contributed by atoms with E-state index >= 15 is 0 Å². The molecule has 3 rings (SSSR count). The van der Waals surface area contributed by atoms with E-state index in [-0.39, 0.29) is 0 Å². The third-order valence-corrected chi connectivity index (χ3v) is 3.43. The predicted octanol–water partition coefficient (Wildman–Crippen LogP) is 3.32. The zero-order valence-electron chi connectivity index (χ0n) is 10.2. The lowest BCUT2D eigenvalue weighted by Crippen LogP contribution is -2.01. The van der Waals surface area contributed by atoms with E-state index in [9.17, 15) is 4.79 Å². The van der Waals surface area contributed by atoms with E-state index in [1.807, 2.05) is 0 Å². The van der Waals surface area contributed by atoms with Crippen LogP contribution in [0.3, 0.4) is 0 Å². The number of fused-ring (bicyclic) bond motifs is 2. The summed E-state index contributed by atoms with van der Waals surface area (Å²) in [6.07, 6.45) is 1.53. The number of benzene rings is 1. The van der Waals surface area contributed by atoms with Crippen LogP contribution in [0.25, 0.3) is 21.9 Å². The van der Waals surface area contributed by atoms with E-state index in [2.05, 4.69) is 15.9 Å². The van der Waals surface area contributed by atoms with Gasteiger partial charge in [0.15, 0.2) is 11.2 Å². The Bertz CT molecular complexity index is 830. The van der Waals surface area contributed by atoms with E-state index in [1.54, 1.807) is 19.2 Å². The van der Waals surface area contributed by atoms with Gasteiger partial charge >= 0.3 is 5.63 Å². The highest BCUT2D eigenvalue weighted by Crippen LogP contribution is 2.42. The molecular weight excluding hydrogens is 316 g/mol. The van der Waals surface area contributed by atoms with Crippen LogP contribution in [-0.2, 0) is 0 Å². The second-order valence-corrected chi connectivity index (χ2v) is 4.71. The van der Waals surface area contributed by atoms with Crippen molar-refractivity contribution >= 4 is 37.9 Å². The molecule has 5 nitrogen and oxygen atoms in total. The van der Waals surface area contributed by atoms with Gasteiger partial charge in [0, 0.05) is 0 Å². The molecule has 3 aromatic rings. The summed E-state index contributed by atoms with van der Waals surface area (Å²) in [6, 6.07) is 3.42. The van der Waals surface area contributed by atoms with Gasteiger partial charge in [0.1, 0.15) is 10.2 Å². The van der Waals surface area contributed by atoms with E-state index in [0.717, 1.165) is 5.39 Å². The second-order valence-electron chi connectivity index (χ2n) is 3.85. The average Bonchev–Trinajstić information content (AvgIpc) is 2.86. The summed E-state index contributed by atoms with van der Waals surface area (Å²) in [5.74, 6) is 0.949. The van der Waals surface area contributed by atoms with Crippen molar-refractivity contribution in [3.05, 3.63) is 33.3 Å². The molecule has 0 aliphatic heterocycles. The van der Waals surface area contributed by atoms with Gasteiger partial charge in [-0.3, -0.25) is 0 Å². The first-order valence-corrected chi connectivity index (χ1v) is 6.21. The molecule has 1 aromatic carbocycles. The van der Waals surface area contributed by atoms with Gasteiger partial charge in [0.25, 0.3) is 0 Å². The van der Waals surface area contributed by atoms with Crippen molar-refractivity contribution in [3.63, 3.8) is 0 Å². The highest BCUT2D eigenvalue weighted by Gasteiger charge is 2.20. The highest BCUT2D eigenvalue weighted by atomic mass is 79.9. The molecule has 0 aliphatic rings. The molecule has 0 spiro atoms. The van der Waals surface area contributed by atoms with Crippen molar-refractivity contribution in [1.82, 2.24) is 0 Å². The number of hydrogen-bond donors (Lipinski definition) is 0. The minimum absolute atomic E-state index is 0.301. The Hall–Kier alpha value is -1.95. The zero-order valence-corrected chi connectivity index (χ0v) is 11.7. The Kier molecular flexibility index (Phi) is 2.74. The minimum Gasteiger partial charge on any atom is -0.495 e. The van der Waals surface area contributed by atoms with Gasteiger partial charge in [-0.2, -0.15) is 0 Å². The van der Waals surface area contributed by atoms with Crippen LogP contribution in [0.15, 0.2) is 36.5 Å². The number of furan rings is 1. The lowest BCUT2D eigenvalue weighted by Gasteiger charge is -2.10. The molecule has 98 valence electrons. The Labute approximate surface area is 115 Å². The standard InChI is InChI=1S/C13H9BrO5/c1-16-9-6-3-4-18-10(6)12(17-2)11-7(9)5-8(14)13(15)19-11/h3-5H,1-2H3. The van der Waals surface area contributed by atoms with Crippen LogP contribution in [0.4, 0.5) is 0 Å². The number of methoxy groups -OCH3 is 2. The molecule has 2 aromatic heterocycles. The molecule has 0 saturated heterocycles. The molecule has 0 radical (unpaired) electrons. The maximum absolute atomic E-state index is 11.6. The third-order valence-electron chi connectivity index (χ3n) is 2.88. The molecule has 0 amide bonds. The third kappa shape index (κ3) is 1.63.